The lowest BCUT2D eigenvalue weighted by atomic mass is 10.0. The van der Waals surface area contributed by atoms with Crippen LogP contribution in [0.5, 0.6) is 0 Å². The number of benzene rings is 2. The van der Waals surface area contributed by atoms with Gasteiger partial charge in [0, 0.05) is 25.9 Å². The Kier molecular flexibility index (Phi) is 5.52. The van der Waals surface area contributed by atoms with E-state index in [1.54, 1.807) is 17.1 Å². The van der Waals surface area contributed by atoms with Crippen molar-refractivity contribution >= 4 is 21.6 Å². The fourth-order valence-corrected chi connectivity index (χ4v) is 5.35. The Balaban J connectivity index is 1.47. The molecule has 0 atom stereocenters. The van der Waals surface area contributed by atoms with Crippen molar-refractivity contribution in [1.29, 1.82) is 0 Å². The Hall–Kier alpha value is -2.51. The van der Waals surface area contributed by atoms with Gasteiger partial charge in [-0.05, 0) is 37.5 Å². The quantitative estimate of drug-likeness (QED) is 0.776. The summed E-state index contributed by atoms with van der Waals surface area (Å²) < 4.78 is 27.3. The molecule has 0 spiro atoms. The van der Waals surface area contributed by atoms with Crippen molar-refractivity contribution in [3.05, 3.63) is 65.7 Å². The number of carbonyl (C=O) groups excluding carboxylic acids is 1. The smallest absolute Gasteiger partial charge is 0.243 e. The first kappa shape index (κ1) is 19.8. The topological polar surface area (TPSA) is 70.1 Å². The van der Waals surface area contributed by atoms with Crippen molar-refractivity contribution in [3.8, 4) is 0 Å². The maximum atomic E-state index is 12.9. The van der Waals surface area contributed by atoms with Crippen LogP contribution in [0.1, 0.15) is 36.8 Å². The van der Waals surface area contributed by atoms with E-state index in [0.29, 0.717) is 43.7 Å². The van der Waals surface area contributed by atoms with E-state index < -0.39 is 10.0 Å². The number of aryl methyl sites for hydroxylation is 1. The number of sulfonamides is 1. The van der Waals surface area contributed by atoms with Gasteiger partial charge in [-0.3, -0.25) is 4.79 Å². The number of hydrogen-bond acceptors (Lipinski definition) is 4. The third kappa shape index (κ3) is 4.11. The molecule has 6 nitrogen and oxygen atoms in total. The molecule has 1 fully saturated rings. The second kappa shape index (κ2) is 8.08. The summed E-state index contributed by atoms with van der Waals surface area (Å²) in [6.45, 7) is 2.71. The molecular formula is C22H25N3O3S. The summed E-state index contributed by atoms with van der Waals surface area (Å²) >= 11 is 0. The van der Waals surface area contributed by atoms with Crippen molar-refractivity contribution in [2.24, 2.45) is 5.10 Å². The van der Waals surface area contributed by atoms with Crippen LogP contribution in [-0.2, 0) is 14.8 Å². The number of piperidine rings is 1. The van der Waals surface area contributed by atoms with E-state index >= 15 is 0 Å². The van der Waals surface area contributed by atoms with Crippen molar-refractivity contribution in [3.63, 3.8) is 0 Å². The number of nitrogens with zero attached hydrogens (tertiary/aromatic N) is 3. The third-order valence-electron chi connectivity index (χ3n) is 5.59. The number of hydrogen-bond donors (Lipinski definition) is 0. The molecule has 2 aromatic carbocycles. The van der Waals surface area contributed by atoms with Crippen LogP contribution in [0, 0.1) is 6.92 Å². The maximum Gasteiger partial charge on any atom is 0.243 e. The van der Waals surface area contributed by atoms with Gasteiger partial charge in [-0.25, -0.2) is 13.4 Å². The number of carbonyl (C=O) groups is 1. The van der Waals surface area contributed by atoms with Gasteiger partial charge in [0.1, 0.15) is 0 Å². The highest BCUT2D eigenvalue weighted by atomic mass is 32.2. The predicted molar refractivity (Wildman–Crippen MR) is 112 cm³/mol. The summed E-state index contributed by atoms with van der Waals surface area (Å²) in [5.41, 5.74) is 2.97. The van der Waals surface area contributed by atoms with Gasteiger partial charge in [0.05, 0.1) is 16.6 Å². The van der Waals surface area contributed by atoms with Gasteiger partial charge in [-0.15, -0.1) is 0 Å². The molecule has 0 saturated carbocycles. The van der Waals surface area contributed by atoms with Crippen LogP contribution in [0.25, 0.3) is 0 Å². The Bertz CT molecular complexity index is 1010. The summed E-state index contributed by atoms with van der Waals surface area (Å²) in [7, 11) is -3.51. The Labute approximate surface area is 171 Å². The monoisotopic (exact) mass is 411 g/mol. The molecule has 152 valence electrons. The lowest BCUT2D eigenvalue weighted by molar-refractivity contribution is -0.134. The molecular weight excluding hydrogens is 386 g/mol. The fourth-order valence-electron chi connectivity index (χ4n) is 3.88. The molecule has 0 bridgehead atoms. The van der Waals surface area contributed by atoms with Gasteiger partial charge < -0.3 is 0 Å². The fraction of sp³-hybridized carbons (Fsp3) is 0.364. The molecule has 2 aliphatic heterocycles. The van der Waals surface area contributed by atoms with E-state index in [4.69, 9.17) is 0 Å². The number of amides is 1. The minimum Gasteiger partial charge on any atom is -0.273 e. The van der Waals surface area contributed by atoms with Gasteiger partial charge >= 0.3 is 0 Å². The normalized spacial score (nSPS) is 19.3. The molecule has 1 amide bonds. The molecule has 0 unspecified atom stereocenters. The largest absolute Gasteiger partial charge is 0.273 e. The van der Waals surface area contributed by atoms with Crippen LogP contribution < -0.4 is 0 Å². The van der Waals surface area contributed by atoms with E-state index in [-0.39, 0.29) is 11.9 Å². The van der Waals surface area contributed by atoms with E-state index in [1.807, 2.05) is 49.4 Å². The van der Waals surface area contributed by atoms with Crippen molar-refractivity contribution in [2.75, 3.05) is 13.1 Å². The Morgan fingerprint density at radius 1 is 0.931 bits per heavy atom. The summed E-state index contributed by atoms with van der Waals surface area (Å²) in [6, 6.07) is 16.8. The average Bonchev–Trinajstić information content (AvgIpc) is 2.75. The Morgan fingerprint density at radius 3 is 2.24 bits per heavy atom. The maximum absolute atomic E-state index is 12.9. The predicted octanol–water partition coefficient (Wildman–Crippen LogP) is 3.17. The average molecular weight is 412 g/mol. The SMILES string of the molecule is Cc1ccc(S(=O)(=O)N2CCC(N3N=C(c4ccccc4)CCC3=O)CC2)cc1. The lowest BCUT2D eigenvalue weighted by Gasteiger charge is -2.37. The highest BCUT2D eigenvalue weighted by Crippen LogP contribution is 2.26. The minimum absolute atomic E-state index is 0.0181. The molecule has 0 aromatic heterocycles. The van der Waals surface area contributed by atoms with Gasteiger partial charge in [-0.1, -0.05) is 48.0 Å². The summed E-state index contributed by atoms with van der Waals surface area (Å²) in [4.78, 5) is 12.8. The zero-order valence-corrected chi connectivity index (χ0v) is 17.3. The first-order valence-electron chi connectivity index (χ1n) is 9.97. The number of hydrazone groups is 1. The van der Waals surface area contributed by atoms with Crippen LogP contribution in [-0.4, -0.2) is 48.5 Å². The van der Waals surface area contributed by atoms with Crippen LogP contribution >= 0.6 is 0 Å². The zero-order valence-electron chi connectivity index (χ0n) is 16.5. The second-order valence-electron chi connectivity index (χ2n) is 7.60. The van der Waals surface area contributed by atoms with Crippen LogP contribution in [0.2, 0.25) is 0 Å². The highest BCUT2D eigenvalue weighted by molar-refractivity contribution is 7.89. The molecule has 0 radical (unpaired) electrons. The molecule has 2 heterocycles. The van der Waals surface area contributed by atoms with Crippen molar-refractivity contribution < 1.29 is 13.2 Å². The van der Waals surface area contributed by atoms with E-state index in [0.717, 1.165) is 16.8 Å². The molecule has 0 N–H and O–H groups in total. The molecule has 4 rings (SSSR count). The molecule has 1 saturated heterocycles. The standard InChI is InChI=1S/C22H25N3O3S/c1-17-7-9-20(10-8-17)29(27,28)24-15-13-19(14-16-24)25-22(26)12-11-21(23-25)18-5-3-2-4-6-18/h2-10,19H,11-16H2,1H3. The lowest BCUT2D eigenvalue weighted by Crippen LogP contribution is -2.48. The third-order valence-corrected chi connectivity index (χ3v) is 7.51. The number of rotatable bonds is 4. The molecule has 29 heavy (non-hydrogen) atoms. The van der Waals surface area contributed by atoms with Gasteiger partial charge in [0.2, 0.25) is 15.9 Å². The van der Waals surface area contributed by atoms with E-state index in [2.05, 4.69) is 5.10 Å². The first-order chi connectivity index (χ1) is 13.9. The molecule has 0 aliphatic carbocycles. The van der Waals surface area contributed by atoms with Crippen LogP contribution in [0.4, 0.5) is 0 Å². The summed E-state index contributed by atoms with van der Waals surface area (Å²) in [5, 5.41) is 6.24. The van der Waals surface area contributed by atoms with Crippen LogP contribution in [0.3, 0.4) is 0 Å². The zero-order chi connectivity index (χ0) is 20.4. The molecule has 2 aromatic rings. The van der Waals surface area contributed by atoms with E-state index in [1.165, 1.54) is 4.31 Å². The Morgan fingerprint density at radius 2 is 1.59 bits per heavy atom. The van der Waals surface area contributed by atoms with Gasteiger partial charge in [0.15, 0.2) is 0 Å². The van der Waals surface area contributed by atoms with Crippen molar-refractivity contribution in [1.82, 2.24) is 9.31 Å². The van der Waals surface area contributed by atoms with E-state index in [9.17, 15) is 13.2 Å². The molecule has 7 heteroatoms. The van der Waals surface area contributed by atoms with Crippen LogP contribution in [0.15, 0.2) is 64.6 Å². The second-order valence-corrected chi connectivity index (χ2v) is 9.54. The molecule has 2 aliphatic rings. The summed E-state index contributed by atoms with van der Waals surface area (Å²) in [6.07, 6.45) is 2.25. The highest BCUT2D eigenvalue weighted by Gasteiger charge is 2.34. The van der Waals surface area contributed by atoms with Crippen molar-refractivity contribution in [2.45, 2.75) is 43.5 Å². The van der Waals surface area contributed by atoms with Gasteiger partial charge in [-0.2, -0.15) is 9.41 Å². The van der Waals surface area contributed by atoms with Gasteiger partial charge in [0.25, 0.3) is 0 Å². The first-order valence-corrected chi connectivity index (χ1v) is 11.4. The summed E-state index contributed by atoms with van der Waals surface area (Å²) in [5.74, 6) is 0.0181. The minimum atomic E-state index is -3.51.